The Labute approximate surface area is 107 Å². The van der Waals surface area contributed by atoms with Gasteiger partial charge in [0.2, 0.25) is 10.0 Å². The fraction of sp³-hybridized carbons (Fsp3) is 0.455. The van der Waals surface area contributed by atoms with E-state index in [0.29, 0.717) is 31.7 Å². The molecule has 6 nitrogen and oxygen atoms in total. The van der Waals surface area contributed by atoms with Gasteiger partial charge in [-0.25, -0.2) is 13.1 Å². The zero-order chi connectivity index (χ0) is 13.0. The van der Waals surface area contributed by atoms with Crippen molar-refractivity contribution in [3.63, 3.8) is 0 Å². The Bertz CT molecular complexity index is 498. The number of sulfonamides is 1. The van der Waals surface area contributed by atoms with Crippen LogP contribution in [0.3, 0.4) is 0 Å². The molecule has 0 saturated carbocycles. The van der Waals surface area contributed by atoms with Crippen molar-refractivity contribution in [2.24, 2.45) is 5.84 Å². The van der Waals surface area contributed by atoms with Gasteiger partial charge in [0.05, 0.1) is 5.69 Å². The fourth-order valence-corrected chi connectivity index (χ4v) is 3.39. The Morgan fingerprint density at radius 1 is 1.22 bits per heavy atom. The summed E-state index contributed by atoms with van der Waals surface area (Å²) in [6.07, 6.45) is 1.38. The van der Waals surface area contributed by atoms with Gasteiger partial charge in [-0.3, -0.25) is 5.84 Å². The standard InChI is InChI=1S/C11H17N3O3S/c12-13-10-3-1-2-4-11(10)18(15,16)14-9-5-7-17-8-6-9/h1-4,9,13-14H,5-8,12H2. The largest absolute Gasteiger partial charge is 0.381 e. The second-order valence-electron chi connectivity index (χ2n) is 4.15. The molecule has 0 atom stereocenters. The lowest BCUT2D eigenvalue weighted by Gasteiger charge is -2.23. The molecule has 0 unspecified atom stereocenters. The molecule has 0 aliphatic carbocycles. The summed E-state index contributed by atoms with van der Waals surface area (Å²) < 4.78 is 32.3. The van der Waals surface area contributed by atoms with E-state index in [9.17, 15) is 8.42 Å². The smallest absolute Gasteiger partial charge is 0.242 e. The zero-order valence-electron chi connectivity index (χ0n) is 9.93. The zero-order valence-corrected chi connectivity index (χ0v) is 10.7. The minimum atomic E-state index is -3.55. The number of nitrogens with one attached hydrogen (secondary N) is 2. The molecule has 0 aromatic heterocycles. The molecule has 7 heteroatoms. The van der Waals surface area contributed by atoms with Gasteiger partial charge in [-0.2, -0.15) is 0 Å². The summed E-state index contributed by atoms with van der Waals surface area (Å²) in [5.41, 5.74) is 2.78. The maximum atomic E-state index is 12.2. The lowest BCUT2D eigenvalue weighted by molar-refractivity contribution is 0.0832. The average molecular weight is 271 g/mol. The number of ether oxygens (including phenoxy) is 1. The Hall–Kier alpha value is -1.15. The molecule has 18 heavy (non-hydrogen) atoms. The first kappa shape index (κ1) is 13.3. The number of hydrazine groups is 1. The third kappa shape index (κ3) is 2.99. The second kappa shape index (κ2) is 5.66. The summed E-state index contributed by atoms with van der Waals surface area (Å²) in [6, 6.07) is 6.46. The highest BCUT2D eigenvalue weighted by Gasteiger charge is 2.23. The van der Waals surface area contributed by atoms with Crippen molar-refractivity contribution in [3.05, 3.63) is 24.3 Å². The van der Waals surface area contributed by atoms with E-state index >= 15 is 0 Å². The predicted molar refractivity (Wildman–Crippen MR) is 68.4 cm³/mol. The first-order valence-electron chi connectivity index (χ1n) is 5.79. The van der Waals surface area contributed by atoms with Crippen LogP contribution in [-0.4, -0.2) is 27.7 Å². The van der Waals surface area contributed by atoms with Crippen molar-refractivity contribution in [2.45, 2.75) is 23.8 Å². The van der Waals surface area contributed by atoms with Crippen LogP contribution in [0.5, 0.6) is 0 Å². The van der Waals surface area contributed by atoms with E-state index in [1.165, 1.54) is 6.07 Å². The van der Waals surface area contributed by atoms with Gasteiger partial charge in [0.15, 0.2) is 0 Å². The molecule has 1 heterocycles. The molecular weight excluding hydrogens is 254 g/mol. The lowest BCUT2D eigenvalue weighted by Crippen LogP contribution is -2.39. The second-order valence-corrected chi connectivity index (χ2v) is 5.83. The molecule has 0 bridgehead atoms. The first-order valence-corrected chi connectivity index (χ1v) is 7.27. The number of benzene rings is 1. The van der Waals surface area contributed by atoms with Crippen LogP contribution in [0.1, 0.15) is 12.8 Å². The molecule has 1 aromatic rings. The summed E-state index contributed by atoms with van der Waals surface area (Å²) in [5.74, 6) is 5.32. The maximum absolute atomic E-state index is 12.2. The summed E-state index contributed by atoms with van der Waals surface area (Å²) >= 11 is 0. The van der Waals surface area contributed by atoms with Crippen molar-refractivity contribution in [3.8, 4) is 0 Å². The van der Waals surface area contributed by atoms with E-state index in [1.807, 2.05) is 0 Å². The predicted octanol–water partition coefficient (Wildman–Crippen LogP) is 0.429. The number of rotatable bonds is 4. The Morgan fingerprint density at radius 3 is 2.56 bits per heavy atom. The van der Waals surface area contributed by atoms with Crippen LogP contribution >= 0.6 is 0 Å². The minimum Gasteiger partial charge on any atom is -0.381 e. The average Bonchev–Trinajstić information content (AvgIpc) is 2.39. The van der Waals surface area contributed by atoms with E-state index in [4.69, 9.17) is 10.6 Å². The number of hydrogen-bond acceptors (Lipinski definition) is 5. The van der Waals surface area contributed by atoms with Crippen LogP contribution in [0.25, 0.3) is 0 Å². The number of hydrogen-bond donors (Lipinski definition) is 3. The maximum Gasteiger partial charge on any atom is 0.242 e. The third-order valence-electron chi connectivity index (χ3n) is 2.88. The number of anilines is 1. The topological polar surface area (TPSA) is 93.5 Å². The van der Waals surface area contributed by atoms with Gasteiger partial charge in [-0.05, 0) is 25.0 Å². The highest BCUT2D eigenvalue weighted by atomic mass is 32.2. The van der Waals surface area contributed by atoms with Gasteiger partial charge in [-0.15, -0.1) is 0 Å². The van der Waals surface area contributed by atoms with Crippen molar-refractivity contribution in [1.82, 2.24) is 4.72 Å². The quantitative estimate of drug-likeness (QED) is 0.545. The van der Waals surface area contributed by atoms with Gasteiger partial charge in [0.25, 0.3) is 0 Å². The summed E-state index contributed by atoms with van der Waals surface area (Å²) in [6.45, 7) is 1.17. The van der Waals surface area contributed by atoms with E-state index < -0.39 is 10.0 Å². The van der Waals surface area contributed by atoms with E-state index in [1.54, 1.807) is 18.2 Å². The normalized spacial score (nSPS) is 17.6. The molecular formula is C11H17N3O3S. The highest BCUT2D eigenvalue weighted by molar-refractivity contribution is 7.89. The van der Waals surface area contributed by atoms with E-state index in [0.717, 1.165) is 0 Å². The number of para-hydroxylation sites is 1. The fourth-order valence-electron chi connectivity index (χ4n) is 1.92. The van der Waals surface area contributed by atoms with Gasteiger partial charge in [0, 0.05) is 19.3 Å². The van der Waals surface area contributed by atoms with Crippen molar-refractivity contribution in [1.29, 1.82) is 0 Å². The first-order chi connectivity index (χ1) is 8.63. The molecule has 1 aliphatic heterocycles. The van der Waals surface area contributed by atoms with Crippen molar-refractivity contribution >= 4 is 15.7 Å². The van der Waals surface area contributed by atoms with Gasteiger partial charge in [0.1, 0.15) is 4.90 Å². The molecule has 0 amide bonds. The molecule has 4 N–H and O–H groups in total. The van der Waals surface area contributed by atoms with Crippen LogP contribution < -0.4 is 16.0 Å². The van der Waals surface area contributed by atoms with Crippen LogP contribution in [0.2, 0.25) is 0 Å². The monoisotopic (exact) mass is 271 g/mol. The molecule has 2 rings (SSSR count). The third-order valence-corrected chi connectivity index (χ3v) is 4.45. The summed E-state index contributed by atoms with van der Waals surface area (Å²) in [7, 11) is -3.55. The molecule has 1 fully saturated rings. The van der Waals surface area contributed by atoms with Crippen LogP contribution in [0, 0.1) is 0 Å². The summed E-state index contributed by atoms with van der Waals surface area (Å²) in [5, 5.41) is 0. The minimum absolute atomic E-state index is 0.0745. The Kier molecular flexibility index (Phi) is 4.18. The molecule has 0 spiro atoms. The van der Waals surface area contributed by atoms with E-state index in [2.05, 4.69) is 10.1 Å². The molecule has 0 radical (unpaired) electrons. The molecule has 1 saturated heterocycles. The van der Waals surface area contributed by atoms with Crippen LogP contribution in [-0.2, 0) is 14.8 Å². The number of nitrogens with two attached hydrogens (primary N) is 1. The molecule has 1 aromatic carbocycles. The van der Waals surface area contributed by atoms with Crippen LogP contribution in [0.15, 0.2) is 29.2 Å². The molecule has 1 aliphatic rings. The van der Waals surface area contributed by atoms with Crippen molar-refractivity contribution in [2.75, 3.05) is 18.6 Å². The van der Waals surface area contributed by atoms with Gasteiger partial charge >= 0.3 is 0 Å². The molecule has 100 valence electrons. The van der Waals surface area contributed by atoms with Crippen molar-refractivity contribution < 1.29 is 13.2 Å². The van der Waals surface area contributed by atoms with Crippen LogP contribution in [0.4, 0.5) is 5.69 Å². The van der Waals surface area contributed by atoms with Gasteiger partial charge in [-0.1, -0.05) is 12.1 Å². The lowest BCUT2D eigenvalue weighted by atomic mass is 10.1. The summed E-state index contributed by atoms with van der Waals surface area (Å²) in [4.78, 5) is 0.166. The Balaban J connectivity index is 2.19. The number of nitrogen functional groups attached to an aromatic ring is 1. The SMILES string of the molecule is NNc1ccccc1S(=O)(=O)NC1CCOCC1. The Morgan fingerprint density at radius 2 is 1.89 bits per heavy atom. The van der Waals surface area contributed by atoms with E-state index in [-0.39, 0.29) is 10.9 Å². The highest BCUT2D eigenvalue weighted by Crippen LogP contribution is 2.20. The van der Waals surface area contributed by atoms with Gasteiger partial charge < -0.3 is 10.2 Å².